The summed E-state index contributed by atoms with van der Waals surface area (Å²) in [6.45, 7) is 0. The maximum atomic E-state index is 12.8. The number of hydrogen-bond donors (Lipinski definition) is 0. The summed E-state index contributed by atoms with van der Waals surface area (Å²) >= 11 is 5.99. The lowest BCUT2D eigenvalue weighted by molar-refractivity contribution is 0.104. The van der Waals surface area contributed by atoms with Crippen LogP contribution in [0.15, 0.2) is 99.3 Å². The summed E-state index contributed by atoms with van der Waals surface area (Å²) in [6, 6.07) is 22.9. The molecule has 4 rings (SSSR count). The number of sulfonamides is 1. The maximum absolute atomic E-state index is 12.8. The van der Waals surface area contributed by atoms with E-state index in [4.69, 9.17) is 11.6 Å². The fourth-order valence-corrected chi connectivity index (χ4v) is 4.20. The van der Waals surface area contributed by atoms with E-state index < -0.39 is 10.0 Å². The molecule has 3 aromatic rings. The molecule has 1 aliphatic carbocycles. The predicted octanol–water partition coefficient (Wildman–Crippen LogP) is 4.85. The molecule has 0 N–H and O–H groups in total. The molecule has 3 aromatic carbocycles. The molecule has 0 radical (unpaired) electrons. The number of fused-ring (bicyclic) bond motifs is 1. The predicted molar refractivity (Wildman–Crippen MR) is 110 cm³/mol. The Labute approximate surface area is 167 Å². The molecule has 1 aliphatic rings. The minimum atomic E-state index is -3.97. The first-order valence-corrected chi connectivity index (χ1v) is 10.3. The molecule has 0 bridgehead atoms. The highest BCUT2D eigenvalue weighted by atomic mass is 35.5. The van der Waals surface area contributed by atoms with E-state index in [2.05, 4.69) is 4.40 Å². The Balaban J connectivity index is 1.74. The molecular weight excluding hydrogens is 394 g/mol. The van der Waals surface area contributed by atoms with Gasteiger partial charge >= 0.3 is 0 Å². The Bertz CT molecular complexity index is 1230. The van der Waals surface area contributed by atoms with Crippen LogP contribution < -0.4 is 0 Å². The maximum Gasteiger partial charge on any atom is 0.282 e. The molecule has 6 heteroatoms. The fraction of sp³-hybridized carbons (Fsp3) is 0. The standard InChI is InChI=1S/C22H14ClNO3S/c23-20-14-21(18-8-4-5-9-19(18)22(20)25)24-28(26,27)17-12-10-16(11-13-17)15-6-2-1-3-7-15/h1-14H/b24-21-. The molecule has 0 atom stereocenters. The number of halogens is 1. The molecule has 0 spiro atoms. The molecular formula is C22H14ClNO3S. The summed E-state index contributed by atoms with van der Waals surface area (Å²) in [7, 11) is -3.97. The van der Waals surface area contributed by atoms with Crippen molar-refractivity contribution in [3.05, 3.63) is 101 Å². The number of benzene rings is 3. The highest BCUT2D eigenvalue weighted by Crippen LogP contribution is 2.26. The number of Topliss-reactive ketones (excluding diaryl/α,β-unsaturated/α-hetero) is 1. The first-order chi connectivity index (χ1) is 13.5. The fourth-order valence-electron chi connectivity index (χ4n) is 3.00. The van der Waals surface area contributed by atoms with Crippen molar-refractivity contribution in [3.63, 3.8) is 0 Å². The third kappa shape index (κ3) is 3.42. The van der Waals surface area contributed by atoms with Gasteiger partial charge in [0.1, 0.15) is 0 Å². The van der Waals surface area contributed by atoms with Crippen molar-refractivity contribution in [1.82, 2.24) is 0 Å². The zero-order valence-electron chi connectivity index (χ0n) is 14.5. The summed E-state index contributed by atoms with van der Waals surface area (Å²) in [5, 5.41) is -0.0629. The second kappa shape index (κ2) is 7.19. The largest absolute Gasteiger partial charge is 0.288 e. The topological polar surface area (TPSA) is 63.6 Å². The van der Waals surface area contributed by atoms with Gasteiger partial charge in [0.05, 0.1) is 15.6 Å². The molecule has 4 nitrogen and oxygen atoms in total. The van der Waals surface area contributed by atoms with E-state index in [1.807, 2.05) is 30.3 Å². The normalized spacial score (nSPS) is 15.2. The van der Waals surface area contributed by atoms with Gasteiger partial charge in [0.25, 0.3) is 10.0 Å². The van der Waals surface area contributed by atoms with Gasteiger partial charge in [-0.15, -0.1) is 0 Å². The highest BCUT2D eigenvalue weighted by Gasteiger charge is 2.25. The number of carbonyl (C=O) groups excluding carboxylic acids is 1. The van der Waals surface area contributed by atoms with Gasteiger partial charge in [-0.3, -0.25) is 4.79 Å². The summed E-state index contributed by atoms with van der Waals surface area (Å²) in [6.07, 6.45) is 1.29. The average molecular weight is 408 g/mol. The lowest BCUT2D eigenvalue weighted by Crippen LogP contribution is -2.16. The van der Waals surface area contributed by atoms with E-state index in [0.29, 0.717) is 11.1 Å². The van der Waals surface area contributed by atoms with Gasteiger partial charge in [-0.1, -0.05) is 78.3 Å². The molecule has 0 saturated heterocycles. The van der Waals surface area contributed by atoms with Crippen LogP contribution in [0.5, 0.6) is 0 Å². The molecule has 138 valence electrons. The number of allylic oxidation sites excluding steroid dienone is 2. The summed E-state index contributed by atoms with van der Waals surface area (Å²) in [5.74, 6) is -0.346. The first-order valence-electron chi connectivity index (χ1n) is 8.47. The summed E-state index contributed by atoms with van der Waals surface area (Å²) < 4.78 is 29.5. The van der Waals surface area contributed by atoms with Gasteiger partial charge in [-0.05, 0) is 29.3 Å². The summed E-state index contributed by atoms with van der Waals surface area (Å²) in [5.41, 5.74) is 2.83. The second-order valence-electron chi connectivity index (χ2n) is 6.21. The van der Waals surface area contributed by atoms with Crippen molar-refractivity contribution in [1.29, 1.82) is 0 Å². The Morgan fingerprint density at radius 2 is 1.29 bits per heavy atom. The van der Waals surface area contributed by atoms with Gasteiger partial charge in [0.15, 0.2) is 0 Å². The van der Waals surface area contributed by atoms with Crippen LogP contribution in [0, 0.1) is 0 Å². The van der Waals surface area contributed by atoms with Crippen molar-refractivity contribution in [2.45, 2.75) is 4.90 Å². The van der Waals surface area contributed by atoms with E-state index in [1.165, 1.54) is 18.2 Å². The third-order valence-electron chi connectivity index (χ3n) is 4.41. The minimum Gasteiger partial charge on any atom is -0.288 e. The van der Waals surface area contributed by atoms with Crippen molar-refractivity contribution in [2.75, 3.05) is 0 Å². The average Bonchev–Trinajstić information content (AvgIpc) is 2.72. The van der Waals surface area contributed by atoms with Crippen LogP contribution >= 0.6 is 11.6 Å². The molecule has 0 heterocycles. The molecule has 0 unspecified atom stereocenters. The molecule has 0 amide bonds. The van der Waals surface area contributed by atoms with Crippen LogP contribution in [0.1, 0.15) is 15.9 Å². The van der Waals surface area contributed by atoms with Crippen LogP contribution in [-0.2, 0) is 10.0 Å². The van der Waals surface area contributed by atoms with Gasteiger partial charge in [-0.2, -0.15) is 12.8 Å². The first kappa shape index (κ1) is 18.3. The van der Waals surface area contributed by atoms with E-state index >= 15 is 0 Å². The zero-order chi connectivity index (χ0) is 19.7. The van der Waals surface area contributed by atoms with Crippen molar-refractivity contribution >= 4 is 33.1 Å². The monoisotopic (exact) mass is 407 g/mol. The Morgan fingerprint density at radius 1 is 0.714 bits per heavy atom. The number of nitrogens with zero attached hydrogens (tertiary/aromatic N) is 1. The van der Waals surface area contributed by atoms with Crippen LogP contribution in [0.3, 0.4) is 0 Å². The van der Waals surface area contributed by atoms with Crippen LogP contribution in [0.2, 0.25) is 0 Å². The van der Waals surface area contributed by atoms with E-state index in [1.54, 1.807) is 36.4 Å². The van der Waals surface area contributed by atoms with Crippen LogP contribution in [0.4, 0.5) is 0 Å². The Hall–Kier alpha value is -3.02. The van der Waals surface area contributed by atoms with E-state index in [-0.39, 0.29) is 21.4 Å². The molecule has 0 aliphatic heterocycles. The van der Waals surface area contributed by atoms with E-state index in [9.17, 15) is 13.2 Å². The molecule has 0 saturated carbocycles. The zero-order valence-corrected chi connectivity index (χ0v) is 16.1. The smallest absolute Gasteiger partial charge is 0.282 e. The lowest BCUT2D eigenvalue weighted by atomic mass is 9.94. The van der Waals surface area contributed by atoms with Crippen molar-refractivity contribution < 1.29 is 13.2 Å². The number of rotatable bonds is 3. The van der Waals surface area contributed by atoms with Crippen LogP contribution in [0.25, 0.3) is 11.1 Å². The van der Waals surface area contributed by atoms with E-state index in [0.717, 1.165) is 11.1 Å². The molecule has 0 aromatic heterocycles. The van der Waals surface area contributed by atoms with Crippen molar-refractivity contribution in [3.8, 4) is 11.1 Å². The minimum absolute atomic E-state index is 0.0629. The van der Waals surface area contributed by atoms with Crippen LogP contribution in [-0.4, -0.2) is 19.9 Å². The Morgan fingerprint density at radius 3 is 1.96 bits per heavy atom. The SMILES string of the molecule is O=C1C(Cl)=C/C(=N/S(=O)(=O)c2ccc(-c3ccccc3)cc2)c2ccccc21. The second-order valence-corrected chi connectivity index (χ2v) is 8.22. The van der Waals surface area contributed by atoms with Gasteiger partial charge in [-0.25, -0.2) is 0 Å². The number of hydrogen-bond acceptors (Lipinski definition) is 3. The third-order valence-corrected chi connectivity index (χ3v) is 5.99. The number of carbonyl (C=O) groups is 1. The lowest BCUT2D eigenvalue weighted by Gasteiger charge is -2.14. The molecule has 0 fully saturated rings. The van der Waals surface area contributed by atoms with Gasteiger partial charge in [0.2, 0.25) is 5.78 Å². The Kier molecular flexibility index (Phi) is 4.71. The van der Waals surface area contributed by atoms with Crippen molar-refractivity contribution in [2.24, 2.45) is 4.40 Å². The highest BCUT2D eigenvalue weighted by molar-refractivity contribution is 7.90. The quantitative estimate of drug-likeness (QED) is 0.623. The van der Waals surface area contributed by atoms with Gasteiger partial charge < -0.3 is 0 Å². The summed E-state index contributed by atoms with van der Waals surface area (Å²) in [4.78, 5) is 12.2. The van der Waals surface area contributed by atoms with Gasteiger partial charge in [0, 0.05) is 11.1 Å². The number of ketones is 1. The molecule has 28 heavy (non-hydrogen) atoms.